The number of carbonyl (C=O) groups excluding carboxylic acids is 1. The minimum Gasteiger partial charge on any atom is -0.394 e. The largest absolute Gasteiger partial charge is 0.394 e. The summed E-state index contributed by atoms with van der Waals surface area (Å²) in [5, 5.41) is 87.7. The van der Waals surface area contributed by atoms with Gasteiger partial charge in [-0.2, -0.15) is 0 Å². The maximum atomic E-state index is 13.4. The Labute approximate surface area is 599 Å². The van der Waals surface area contributed by atoms with E-state index in [-0.39, 0.29) is 18.9 Å². The van der Waals surface area contributed by atoms with Gasteiger partial charge < -0.3 is 65.1 Å². The van der Waals surface area contributed by atoms with Crippen LogP contribution in [0.2, 0.25) is 0 Å². The normalized spacial score (nSPS) is 22.4. The quantitative estimate of drug-likeness (QED) is 0.0204. The maximum absolute atomic E-state index is 13.4. The number of hydrogen-bond acceptors (Lipinski definition) is 13. The summed E-state index contributed by atoms with van der Waals surface area (Å²) in [6.45, 7) is 2.74. The van der Waals surface area contributed by atoms with Gasteiger partial charge in [-0.15, -0.1) is 0 Å². The third-order valence-electron chi connectivity index (χ3n) is 19.9. The number of aliphatic hydroxyl groups excluding tert-OH is 8. The van der Waals surface area contributed by atoms with E-state index in [0.29, 0.717) is 6.42 Å². The van der Waals surface area contributed by atoms with Crippen molar-refractivity contribution in [3.63, 3.8) is 0 Å². The summed E-state index contributed by atoms with van der Waals surface area (Å²) in [4.78, 5) is 13.4. The van der Waals surface area contributed by atoms with Crippen molar-refractivity contribution < 1.29 is 64.6 Å². The Morgan fingerprint density at radius 2 is 0.704 bits per heavy atom. The number of unbranched alkanes of at least 4 members (excludes halogenated alkanes) is 46. The smallest absolute Gasteiger partial charge is 0.220 e. The zero-order chi connectivity index (χ0) is 70.8. The molecule has 2 rings (SSSR count). The van der Waals surface area contributed by atoms with Crippen molar-refractivity contribution in [2.45, 2.75) is 434 Å². The van der Waals surface area contributed by atoms with Gasteiger partial charge in [-0.25, -0.2) is 0 Å². The molecule has 0 spiro atoms. The van der Waals surface area contributed by atoms with E-state index < -0.39 is 86.8 Å². The molecular formula is C84H153NO13. The van der Waals surface area contributed by atoms with Gasteiger partial charge in [0.05, 0.1) is 32.0 Å². The van der Waals surface area contributed by atoms with Crippen LogP contribution in [0.1, 0.15) is 361 Å². The second-order valence-corrected chi connectivity index (χ2v) is 28.9. The Morgan fingerprint density at radius 3 is 1.08 bits per heavy atom. The number of rotatable bonds is 69. The highest BCUT2D eigenvalue weighted by molar-refractivity contribution is 5.76. The van der Waals surface area contributed by atoms with Crippen molar-refractivity contribution in [1.82, 2.24) is 5.32 Å². The molecule has 0 aromatic carbocycles. The van der Waals surface area contributed by atoms with Gasteiger partial charge in [-0.1, -0.05) is 363 Å². The second-order valence-electron chi connectivity index (χ2n) is 28.9. The van der Waals surface area contributed by atoms with Crippen molar-refractivity contribution in [2.24, 2.45) is 0 Å². The van der Waals surface area contributed by atoms with Crippen molar-refractivity contribution >= 4 is 5.91 Å². The molecule has 0 bridgehead atoms. The van der Waals surface area contributed by atoms with Crippen LogP contribution in [-0.2, 0) is 23.7 Å². The fraction of sp³-hybridized carbons (Fsp3) is 0.845. The monoisotopic (exact) mass is 1380 g/mol. The summed E-state index contributed by atoms with van der Waals surface area (Å²) in [6, 6.07) is -0.916. The second kappa shape index (κ2) is 67.6. The molecule has 12 atom stereocenters. The van der Waals surface area contributed by atoms with Gasteiger partial charge in [0, 0.05) is 6.42 Å². The first-order valence-electron chi connectivity index (χ1n) is 41.2. The summed E-state index contributed by atoms with van der Waals surface area (Å²) in [6.07, 6.45) is 77.1. The number of allylic oxidation sites excluding steroid dienone is 11. The molecule has 572 valence electrons. The lowest BCUT2D eigenvalue weighted by atomic mass is 9.97. The summed E-state index contributed by atoms with van der Waals surface area (Å²) in [5.41, 5.74) is 0. The zero-order valence-electron chi connectivity index (χ0n) is 62.8. The summed E-state index contributed by atoms with van der Waals surface area (Å²) < 4.78 is 22.9. The van der Waals surface area contributed by atoms with E-state index in [1.54, 1.807) is 6.08 Å². The minimum absolute atomic E-state index is 0.232. The number of aliphatic hydroxyl groups is 8. The van der Waals surface area contributed by atoms with Crippen molar-refractivity contribution in [2.75, 3.05) is 19.8 Å². The molecule has 9 N–H and O–H groups in total. The van der Waals surface area contributed by atoms with Crippen LogP contribution in [0.5, 0.6) is 0 Å². The molecule has 98 heavy (non-hydrogen) atoms. The number of amides is 1. The Balaban J connectivity index is 1.56. The third-order valence-corrected chi connectivity index (χ3v) is 19.9. The van der Waals surface area contributed by atoms with Gasteiger partial charge in [0.1, 0.15) is 48.8 Å². The van der Waals surface area contributed by atoms with Crippen LogP contribution in [0.15, 0.2) is 72.9 Å². The van der Waals surface area contributed by atoms with E-state index in [0.717, 1.165) is 70.6 Å². The molecule has 2 aliphatic heterocycles. The molecule has 0 aromatic heterocycles. The summed E-state index contributed by atoms with van der Waals surface area (Å²) in [5.74, 6) is -0.232. The van der Waals surface area contributed by atoms with Crippen LogP contribution in [0, 0.1) is 0 Å². The van der Waals surface area contributed by atoms with Crippen LogP contribution in [0.4, 0.5) is 0 Å². The Kier molecular flexibility index (Phi) is 63.1. The fourth-order valence-electron chi connectivity index (χ4n) is 13.4. The van der Waals surface area contributed by atoms with E-state index >= 15 is 0 Å². The van der Waals surface area contributed by atoms with E-state index in [1.165, 1.54) is 263 Å². The van der Waals surface area contributed by atoms with Crippen molar-refractivity contribution in [1.29, 1.82) is 0 Å². The Morgan fingerprint density at radius 1 is 0.378 bits per heavy atom. The number of ether oxygens (including phenoxy) is 4. The molecule has 12 unspecified atom stereocenters. The molecule has 2 aliphatic rings. The van der Waals surface area contributed by atoms with Gasteiger partial charge >= 0.3 is 0 Å². The number of nitrogens with one attached hydrogen (secondary N) is 1. The van der Waals surface area contributed by atoms with Crippen LogP contribution in [0.3, 0.4) is 0 Å². The van der Waals surface area contributed by atoms with Gasteiger partial charge in [0.2, 0.25) is 5.91 Å². The number of carbonyl (C=O) groups is 1. The molecule has 14 nitrogen and oxygen atoms in total. The molecular weight excluding hydrogens is 1230 g/mol. The lowest BCUT2D eigenvalue weighted by Gasteiger charge is -2.46. The Bertz CT molecular complexity index is 1920. The van der Waals surface area contributed by atoms with Gasteiger partial charge in [0.15, 0.2) is 12.6 Å². The zero-order valence-corrected chi connectivity index (χ0v) is 62.8. The Hall–Kier alpha value is -2.57. The standard InChI is InChI=1S/C84H153NO13/c1-3-5-7-9-11-13-15-17-19-21-23-25-27-28-29-30-31-32-33-34-35-36-37-38-39-40-41-42-43-44-46-48-50-52-54-56-58-60-62-64-66-68-76(89)85-72(71-95-83-81(94)79(92)82(75(70-87)97-83)98-84-80(93)78(91)77(90)74(69-86)96-84)73(88)67-65-63-61-59-57-55-53-51-49-47-45-26-24-22-20-18-16-14-12-10-8-6-4-2/h5,7,11,13,17,19,23,25,28-29,65,67,72-75,77-84,86-88,90-94H,3-4,6,8-10,12,14-16,18,20-22,24,26-27,30-64,66,68-71H2,1-2H3,(H,85,89)/b7-5-,13-11-,19-17-,25-23-,29-28-,67-65+. The molecule has 0 saturated carbocycles. The first-order chi connectivity index (χ1) is 48.1. The predicted molar refractivity (Wildman–Crippen MR) is 406 cm³/mol. The fourth-order valence-corrected chi connectivity index (χ4v) is 13.4. The number of hydrogen-bond donors (Lipinski definition) is 9. The maximum Gasteiger partial charge on any atom is 0.220 e. The average Bonchev–Trinajstić information content (AvgIpc) is 0.793. The first kappa shape index (κ1) is 91.5. The van der Waals surface area contributed by atoms with E-state index in [4.69, 9.17) is 18.9 Å². The SMILES string of the molecule is CC/C=C\C/C=C\C/C=C\C/C=C\C/C=C\CCCCCCCCCCCCCCCCCCCCCCCCCCCC(=O)NC(COC1OC(CO)C(OC2OC(CO)C(O)C(O)C2O)C(O)C1O)C(O)/C=C/CCCCCCCCCCCCCCCCCCCCCCC. The third kappa shape index (κ3) is 49.9. The molecule has 0 aliphatic carbocycles. The van der Waals surface area contributed by atoms with Crippen LogP contribution in [0.25, 0.3) is 0 Å². The van der Waals surface area contributed by atoms with E-state index in [1.807, 2.05) is 6.08 Å². The highest BCUT2D eigenvalue weighted by atomic mass is 16.7. The van der Waals surface area contributed by atoms with Gasteiger partial charge in [-0.05, 0) is 64.2 Å². The summed E-state index contributed by atoms with van der Waals surface area (Å²) >= 11 is 0. The molecule has 1 amide bonds. The molecule has 2 heterocycles. The minimum atomic E-state index is -1.79. The predicted octanol–water partition coefficient (Wildman–Crippen LogP) is 18.9. The topological polar surface area (TPSA) is 228 Å². The van der Waals surface area contributed by atoms with Crippen LogP contribution < -0.4 is 5.32 Å². The lowest BCUT2D eigenvalue weighted by Crippen LogP contribution is -2.65. The highest BCUT2D eigenvalue weighted by Gasteiger charge is 2.51. The molecule has 14 heteroatoms. The first-order valence-corrected chi connectivity index (χ1v) is 41.2. The van der Waals surface area contributed by atoms with Crippen molar-refractivity contribution in [3.8, 4) is 0 Å². The molecule has 0 aromatic rings. The molecule has 0 radical (unpaired) electrons. The molecule has 2 saturated heterocycles. The van der Waals surface area contributed by atoms with E-state index in [2.05, 4.69) is 79.9 Å². The molecule has 2 fully saturated rings. The van der Waals surface area contributed by atoms with Gasteiger partial charge in [0.25, 0.3) is 0 Å². The van der Waals surface area contributed by atoms with Crippen LogP contribution in [-0.4, -0.2) is 140 Å². The van der Waals surface area contributed by atoms with Crippen LogP contribution >= 0.6 is 0 Å². The lowest BCUT2D eigenvalue weighted by molar-refractivity contribution is -0.359. The van der Waals surface area contributed by atoms with Crippen molar-refractivity contribution in [3.05, 3.63) is 72.9 Å². The highest BCUT2D eigenvalue weighted by Crippen LogP contribution is 2.30. The van der Waals surface area contributed by atoms with Gasteiger partial charge in [-0.3, -0.25) is 4.79 Å². The summed E-state index contributed by atoms with van der Waals surface area (Å²) in [7, 11) is 0. The van der Waals surface area contributed by atoms with E-state index in [9.17, 15) is 45.6 Å². The average molecular weight is 1390 g/mol.